The van der Waals surface area contributed by atoms with Crippen molar-refractivity contribution >= 4 is 34.9 Å². The first-order valence-corrected chi connectivity index (χ1v) is 9.83. The highest BCUT2D eigenvalue weighted by Gasteiger charge is 2.11. The van der Waals surface area contributed by atoms with Gasteiger partial charge in [-0.05, 0) is 60.2 Å². The zero-order valence-corrected chi connectivity index (χ0v) is 16.7. The minimum absolute atomic E-state index is 0.214. The Hall–Kier alpha value is -4.38. The van der Waals surface area contributed by atoms with E-state index in [0.717, 1.165) is 22.6 Å². The average Bonchev–Trinajstić information content (AvgIpc) is 2.82. The summed E-state index contributed by atoms with van der Waals surface area (Å²) in [6.07, 6.45) is 1.70. The molecule has 0 fully saturated rings. The Balaban J connectivity index is 1.53. The first-order valence-electron chi connectivity index (χ1n) is 9.83. The van der Waals surface area contributed by atoms with E-state index in [4.69, 9.17) is 5.11 Å². The molecule has 31 heavy (non-hydrogen) atoms. The topological polar surface area (TPSA) is 64.9 Å². The molecule has 2 N–H and O–H groups in total. The molecule has 4 aromatic carbocycles. The van der Waals surface area contributed by atoms with Crippen LogP contribution in [0.15, 0.2) is 114 Å². The van der Waals surface area contributed by atoms with E-state index >= 15 is 0 Å². The number of benzene rings is 4. The van der Waals surface area contributed by atoms with Crippen molar-refractivity contribution in [1.82, 2.24) is 0 Å². The predicted molar refractivity (Wildman–Crippen MR) is 126 cm³/mol. The first kappa shape index (κ1) is 19.9. The molecule has 0 radical (unpaired) electrons. The van der Waals surface area contributed by atoms with E-state index in [1.54, 1.807) is 30.5 Å². The molecule has 0 saturated carbocycles. The average molecular weight is 407 g/mol. The third-order valence-corrected chi connectivity index (χ3v) is 4.70. The minimum atomic E-state index is -0.968. The second kappa shape index (κ2) is 9.41. The van der Waals surface area contributed by atoms with Crippen molar-refractivity contribution in [3.63, 3.8) is 0 Å². The van der Waals surface area contributed by atoms with Gasteiger partial charge < -0.3 is 10.0 Å². The van der Waals surface area contributed by atoms with Crippen molar-refractivity contribution in [1.29, 1.82) is 0 Å². The van der Waals surface area contributed by atoms with Crippen LogP contribution in [-0.2, 0) is 0 Å². The van der Waals surface area contributed by atoms with Crippen LogP contribution in [0.4, 0.5) is 22.7 Å². The number of hydrogen-bond donors (Lipinski definition) is 2. The maximum atomic E-state index is 11.1. The number of hydrogen-bond acceptors (Lipinski definition) is 4. The molecule has 0 aliphatic rings. The second-order valence-electron chi connectivity index (χ2n) is 6.85. The van der Waals surface area contributed by atoms with Crippen LogP contribution >= 0.6 is 0 Å². The summed E-state index contributed by atoms with van der Waals surface area (Å²) in [5, 5.41) is 13.3. The van der Waals surface area contributed by atoms with Gasteiger partial charge in [0.05, 0.1) is 17.5 Å². The van der Waals surface area contributed by atoms with E-state index < -0.39 is 5.97 Å². The molecule has 0 aromatic heterocycles. The van der Waals surface area contributed by atoms with Crippen LogP contribution in [0.1, 0.15) is 15.9 Å². The van der Waals surface area contributed by atoms with Gasteiger partial charge in [0.1, 0.15) is 0 Å². The Morgan fingerprint density at radius 1 is 0.742 bits per heavy atom. The molecule has 152 valence electrons. The SMILES string of the molecule is O=C(O)c1cccc(N/N=C\c2ccc(N(c3ccccc3)c3ccccc3)cc2)c1. The molecule has 0 spiro atoms. The van der Waals surface area contributed by atoms with E-state index in [0.29, 0.717) is 5.69 Å². The Morgan fingerprint density at radius 2 is 1.32 bits per heavy atom. The number of aromatic carboxylic acids is 1. The fourth-order valence-electron chi connectivity index (χ4n) is 3.21. The molecule has 0 aliphatic heterocycles. The molecule has 0 amide bonds. The lowest BCUT2D eigenvalue weighted by molar-refractivity contribution is 0.0697. The number of carboxylic acids is 1. The van der Waals surface area contributed by atoms with Gasteiger partial charge in [0.15, 0.2) is 0 Å². The summed E-state index contributed by atoms with van der Waals surface area (Å²) in [6, 6.07) is 35.0. The minimum Gasteiger partial charge on any atom is -0.478 e. The van der Waals surface area contributed by atoms with Crippen molar-refractivity contribution in [2.75, 3.05) is 10.3 Å². The van der Waals surface area contributed by atoms with Gasteiger partial charge >= 0.3 is 5.97 Å². The number of carboxylic acid groups (broad SMARTS) is 1. The largest absolute Gasteiger partial charge is 0.478 e. The van der Waals surface area contributed by atoms with Gasteiger partial charge in [-0.2, -0.15) is 5.10 Å². The number of carbonyl (C=O) groups is 1. The van der Waals surface area contributed by atoms with E-state index in [9.17, 15) is 4.79 Å². The van der Waals surface area contributed by atoms with Crippen molar-refractivity contribution in [2.24, 2.45) is 5.10 Å². The number of hydrazone groups is 1. The van der Waals surface area contributed by atoms with Crippen LogP contribution in [-0.4, -0.2) is 17.3 Å². The lowest BCUT2D eigenvalue weighted by Gasteiger charge is -2.25. The van der Waals surface area contributed by atoms with E-state index in [1.165, 1.54) is 0 Å². The highest BCUT2D eigenvalue weighted by atomic mass is 16.4. The van der Waals surface area contributed by atoms with Gasteiger partial charge in [-0.25, -0.2) is 4.79 Å². The number of anilines is 4. The van der Waals surface area contributed by atoms with Crippen molar-refractivity contribution < 1.29 is 9.90 Å². The molecular weight excluding hydrogens is 386 g/mol. The highest BCUT2D eigenvalue weighted by Crippen LogP contribution is 2.33. The van der Waals surface area contributed by atoms with Gasteiger partial charge in [0.25, 0.3) is 0 Å². The van der Waals surface area contributed by atoms with Gasteiger partial charge in [-0.15, -0.1) is 0 Å². The third kappa shape index (κ3) is 4.97. The standard InChI is InChI=1S/C26H21N3O2/c30-26(31)21-8-7-9-22(18-21)28-27-19-20-14-16-25(17-15-20)29(23-10-3-1-4-11-23)24-12-5-2-6-13-24/h1-19,28H,(H,30,31)/b27-19-. The van der Waals surface area contributed by atoms with E-state index in [2.05, 4.69) is 39.7 Å². The Kier molecular flexibility index (Phi) is 6.05. The quantitative estimate of drug-likeness (QED) is 0.279. The Morgan fingerprint density at radius 3 is 1.90 bits per heavy atom. The van der Waals surface area contributed by atoms with Gasteiger partial charge in [-0.3, -0.25) is 5.43 Å². The molecule has 0 aliphatic carbocycles. The summed E-state index contributed by atoms with van der Waals surface area (Å²) in [5.41, 5.74) is 7.82. The maximum Gasteiger partial charge on any atom is 0.335 e. The molecule has 0 unspecified atom stereocenters. The predicted octanol–water partition coefficient (Wildman–Crippen LogP) is 6.30. The molecule has 4 aromatic rings. The smallest absolute Gasteiger partial charge is 0.335 e. The van der Waals surface area contributed by atoms with Crippen LogP contribution in [0.3, 0.4) is 0 Å². The fourth-order valence-corrected chi connectivity index (χ4v) is 3.21. The number of rotatable bonds is 7. The number of nitrogens with zero attached hydrogens (tertiary/aromatic N) is 2. The molecule has 5 heteroatoms. The molecule has 0 saturated heterocycles. The molecule has 0 heterocycles. The van der Waals surface area contributed by atoms with Gasteiger partial charge in [-0.1, -0.05) is 54.6 Å². The lowest BCUT2D eigenvalue weighted by Crippen LogP contribution is -2.09. The van der Waals surface area contributed by atoms with E-state index in [1.807, 2.05) is 60.7 Å². The van der Waals surface area contributed by atoms with Crippen molar-refractivity contribution in [3.8, 4) is 0 Å². The lowest BCUT2D eigenvalue weighted by atomic mass is 10.1. The Bertz CT molecular complexity index is 1130. The highest BCUT2D eigenvalue weighted by molar-refractivity contribution is 5.89. The summed E-state index contributed by atoms with van der Waals surface area (Å²) in [7, 11) is 0. The zero-order chi connectivity index (χ0) is 21.5. The summed E-state index contributed by atoms with van der Waals surface area (Å²) in [5.74, 6) is -0.968. The Labute approximate surface area is 180 Å². The third-order valence-electron chi connectivity index (χ3n) is 4.70. The maximum absolute atomic E-state index is 11.1. The van der Waals surface area contributed by atoms with Crippen molar-refractivity contribution in [2.45, 2.75) is 0 Å². The van der Waals surface area contributed by atoms with Crippen LogP contribution in [0.25, 0.3) is 0 Å². The molecule has 5 nitrogen and oxygen atoms in total. The molecule has 4 rings (SSSR count). The molecule has 0 atom stereocenters. The van der Waals surface area contributed by atoms with Crippen LogP contribution < -0.4 is 10.3 Å². The normalized spacial score (nSPS) is 10.7. The first-order chi connectivity index (χ1) is 15.2. The summed E-state index contributed by atoms with van der Waals surface area (Å²) in [6.45, 7) is 0. The summed E-state index contributed by atoms with van der Waals surface area (Å²) < 4.78 is 0. The second-order valence-corrected chi connectivity index (χ2v) is 6.85. The molecule has 0 bridgehead atoms. The van der Waals surface area contributed by atoms with Crippen LogP contribution in [0.5, 0.6) is 0 Å². The summed E-state index contributed by atoms with van der Waals surface area (Å²) >= 11 is 0. The number of nitrogens with one attached hydrogen (secondary N) is 1. The fraction of sp³-hybridized carbons (Fsp3) is 0. The van der Waals surface area contributed by atoms with Gasteiger partial charge in [0, 0.05) is 17.1 Å². The monoisotopic (exact) mass is 407 g/mol. The van der Waals surface area contributed by atoms with Crippen LogP contribution in [0, 0.1) is 0 Å². The van der Waals surface area contributed by atoms with Crippen molar-refractivity contribution in [3.05, 3.63) is 120 Å². The van der Waals surface area contributed by atoms with Gasteiger partial charge in [0.2, 0.25) is 0 Å². The van der Waals surface area contributed by atoms with E-state index in [-0.39, 0.29) is 5.56 Å². The summed E-state index contributed by atoms with van der Waals surface area (Å²) in [4.78, 5) is 13.3. The molecular formula is C26H21N3O2. The zero-order valence-electron chi connectivity index (χ0n) is 16.7. The number of para-hydroxylation sites is 2. The van der Waals surface area contributed by atoms with Crippen LogP contribution in [0.2, 0.25) is 0 Å².